The molecule has 4 nitrogen and oxygen atoms in total. The lowest BCUT2D eigenvalue weighted by Gasteiger charge is -2.11. The summed E-state index contributed by atoms with van der Waals surface area (Å²) in [4.78, 5) is 18.8. The summed E-state index contributed by atoms with van der Waals surface area (Å²) in [6, 6.07) is 13.3. The molecule has 1 aliphatic heterocycles. The Balaban J connectivity index is 1.80. The van der Waals surface area contributed by atoms with Crippen molar-refractivity contribution in [3.05, 3.63) is 77.5 Å². The lowest BCUT2D eigenvalue weighted by molar-refractivity contribution is -0.121. The Labute approximate surface area is 156 Å². The van der Waals surface area contributed by atoms with Crippen molar-refractivity contribution >= 4 is 40.3 Å². The molecule has 6 heteroatoms. The fraction of sp³-hybridized carbons (Fsp3) is 0.105. The molecule has 1 saturated heterocycles. The minimum atomic E-state index is -0.102. The predicted molar refractivity (Wildman–Crippen MR) is 105 cm³/mol. The van der Waals surface area contributed by atoms with Gasteiger partial charge >= 0.3 is 0 Å². The summed E-state index contributed by atoms with van der Waals surface area (Å²) in [7, 11) is 0. The van der Waals surface area contributed by atoms with Crippen LogP contribution in [-0.4, -0.2) is 26.7 Å². The maximum absolute atomic E-state index is 12.5. The summed E-state index contributed by atoms with van der Waals surface area (Å²) in [5, 5.41) is 0. The third kappa shape index (κ3) is 4.15. The van der Waals surface area contributed by atoms with Gasteiger partial charge in [-0.25, -0.2) is 0 Å². The van der Waals surface area contributed by atoms with Crippen LogP contribution in [-0.2, 0) is 11.4 Å². The Hall–Kier alpha value is -2.44. The number of para-hydroxylation sites is 1. The fourth-order valence-electron chi connectivity index (χ4n) is 2.29. The van der Waals surface area contributed by atoms with E-state index in [-0.39, 0.29) is 5.91 Å². The van der Waals surface area contributed by atoms with Crippen LogP contribution in [0.4, 0.5) is 0 Å². The van der Waals surface area contributed by atoms with Crippen LogP contribution in [0.1, 0.15) is 11.3 Å². The monoisotopic (exact) mass is 368 g/mol. The number of carbonyl (C=O) groups excluding carboxylic acids is 1. The van der Waals surface area contributed by atoms with Crippen LogP contribution in [0.25, 0.3) is 6.08 Å². The Kier molecular flexibility index (Phi) is 5.63. The number of carbonyl (C=O) groups is 1. The first-order chi connectivity index (χ1) is 12.2. The molecular formula is C19H16N2O2S2. The molecule has 0 bridgehead atoms. The molecule has 0 unspecified atom stereocenters. The molecular weight excluding hydrogens is 352 g/mol. The lowest BCUT2D eigenvalue weighted by atomic mass is 10.2. The van der Waals surface area contributed by atoms with Crippen LogP contribution in [0.2, 0.25) is 0 Å². The van der Waals surface area contributed by atoms with Gasteiger partial charge < -0.3 is 4.74 Å². The highest BCUT2D eigenvalue weighted by Gasteiger charge is 2.31. The standard InChI is InChI=1S/C19H16N2O2S2/c1-2-11-21-18(22)17(25-19(21)24)12-14-7-3-4-9-16(14)23-13-15-8-5-6-10-20-15/h2-10,12H,1,11,13H2/b17-12+. The van der Waals surface area contributed by atoms with Gasteiger partial charge in [0.15, 0.2) is 0 Å². The van der Waals surface area contributed by atoms with Crippen LogP contribution >= 0.6 is 24.0 Å². The molecule has 2 heterocycles. The Bertz CT molecular complexity index is 834. The van der Waals surface area contributed by atoms with E-state index in [2.05, 4.69) is 11.6 Å². The zero-order valence-electron chi connectivity index (χ0n) is 13.4. The molecule has 0 atom stereocenters. The van der Waals surface area contributed by atoms with Gasteiger partial charge in [-0.05, 0) is 24.3 Å². The first-order valence-corrected chi connectivity index (χ1v) is 8.89. The summed E-state index contributed by atoms with van der Waals surface area (Å²) >= 11 is 6.56. The van der Waals surface area contributed by atoms with Crippen LogP contribution in [0, 0.1) is 0 Å². The molecule has 0 aliphatic carbocycles. The molecule has 1 amide bonds. The predicted octanol–water partition coefficient (Wildman–Crippen LogP) is 4.05. The van der Waals surface area contributed by atoms with E-state index in [1.54, 1.807) is 12.3 Å². The Morgan fingerprint density at radius 1 is 1.24 bits per heavy atom. The average molecular weight is 368 g/mol. The number of amides is 1. The van der Waals surface area contributed by atoms with Gasteiger partial charge in [0, 0.05) is 18.3 Å². The number of thiocarbonyl (C=S) groups is 1. The smallest absolute Gasteiger partial charge is 0.266 e. The number of aromatic nitrogens is 1. The third-order valence-corrected chi connectivity index (χ3v) is 4.87. The molecule has 3 rings (SSSR count). The van der Waals surface area contributed by atoms with E-state index in [0.29, 0.717) is 28.1 Å². The van der Waals surface area contributed by atoms with E-state index in [9.17, 15) is 4.79 Å². The van der Waals surface area contributed by atoms with Gasteiger partial charge in [-0.3, -0.25) is 14.7 Å². The second-order valence-electron chi connectivity index (χ2n) is 5.23. The molecule has 0 saturated carbocycles. The third-order valence-electron chi connectivity index (χ3n) is 3.49. The number of hydrogen-bond donors (Lipinski definition) is 0. The van der Waals surface area contributed by atoms with Gasteiger partial charge in [-0.2, -0.15) is 0 Å². The maximum atomic E-state index is 12.5. The van der Waals surface area contributed by atoms with Crippen molar-refractivity contribution in [1.29, 1.82) is 0 Å². The zero-order valence-corrected chi connectivity index (χ0v) is 15.1. The first-order valence-electron chi connectivity index (χ1n) is 7.67. The highest BCUT2D eigenvalue weighted by molar-refractivity contribution is 8.26. The number of rotatable bonds is 6. The van der Waals surface area contributed by atoms with Crippen molar-refractivity contribution in [3.63, 3.8) is 0 Å². The molecule has 0 spiro atoms. The second-order valence-corrected chi connectivity index (χ2v) is 6.90. The first kappa shape index (κ1) is 17.4. The van der Waals surface area contributed by atoms with Crippen LogP contribution in [0.5, 0.6) is 5.75 Å². The molecule has 1 aliphatic rings. The zero-order chi connectivity index (χ0) is 17.6. The van der Waals surface area contributed by atoms with Crippen molar-refractivity contribution in [2.45, 2.75) is 6.61 Å². The van der Waals surface area contributed by atoms with Crippen molar-refractivity contribution < 1.29 is 9.53 Å². The number of nitrogens with zero attached hydrogens (tertiary/aromatic N) is 2. The van der Waals surface area contributed by atoms with Crippen molar-refractivity contribution in [3.8, 4) is 5.75 Å². The molecule has 126 valence electrons. The van der Waals surface area contributed by atoms with Gasteiger partial charge in [0.25, 0.3) is 5.91 Å². The van der Waals surface area contributed by atoms with E-state index in [4.69, 9.17) is 17.0 Å². The molecule has 2 aromatic rings. The summed E-state index contributed by atoms with van der Waals surface area (Å²) in [6.45, 7) is 4.44. The van der Waals surface area contributed by atoms with Gasteiger partial charge in [0.2, 0.25) is 0 Å². The average Bonchev–Trinajstić information content (AvgIpc) is 2.90. The number of pyridine rings is 1. The quantitative estimate of drug-likeness (QED) is 0.437. The minimum Gasteiger partial charge on any atom is -0.487 e. The lowest BCUT2D eigenvalue weighted by Crippen LogP contribution is -2.27. The fourth-order valence-corrected chi connectivity index (χ4v) is 3.56. The number of benzene rings is 1. The Morgan fingerprint density at radius 3 is 2.80 bits per heavy atom. The van der Waals surface area contributed by atoms with Gasteiger partial charge in [-0.15, -0.1) is 6.58 Å². The van der Waals surface area contributed by atoms with E-state index < -0.39 is 0 Å². The normalized spacial score (nSPS) is 15.7. The van der Waals surface area contributed by atoms with Crippen molar-refractivity contribution in [2.75, 3.05) is 6.54 Å². The van der Waals surface area contributed by atoms with Crippen molar-refractivity contribution in [2.24, 2.45) is 0 Å². The summed E-state index contributed by atoms with van der Waals surface area (Å²) in [6.07, 6.45) is 5.21. The summed E-state index contributed by atoms with van der Waals surface area (Å²) in [5.74, 6) is 0.594. The Morgan fingerprint density at radius 2 is 2.04 bits per heavy atom. The van der Waals surface area contributed by atoms with Gasteiger partial charge in [0.1, 0.15) is 16.7 Å². The topological polar surface area (TPSA) is 42.4 Å². The van der Waals surface area contributed by atoms with Crippen LogP contribution in [0.15, 0.2) is 66.2 Å². The van der Waals surface area contributed by atoms with E-state index in [1.165, 1.54) is 16.7 Å². The molecule has 25 heavy (non-hydrogen) atoms. The maximum Gasteiger partial charge on any atom is 0.266 e. The second kappa shape index (κ2) is 8.09. The molecule has 0 N–H and O–H groups in total. The van der Waals surface area contributed by atoms with E-state index >= 15 is 0 Å². The largest absolute Gasteiger partial charge is 0.487 e. The van der Waals surface area contributed by atoms with Gasteiger partial charge in [-0.1, -0.05) is 54.3 Å². The van der Waals surface area contributed by atoms with E-state index in [0.717, 1.165) is 11.3 Å². The number of ether oxygens (including phenoxy) is 1. The van der Waals surface area contributed by atoms with E-state index in [1.807, 2.05) is 48.5 Å². The number of thioether (sulfide) groups is 1. The van der Waals surface area contributed by atoms with Crippen LogP contribution in [0.3, 0.4) is 0 Å². The van der Waals surface area contributed by atoms with Crippen molar-refractivity contribution in [1.82, 2.24) is 9.88 Å². The summed E-state index contributed by atoms with van der Waals surface area (Å²) < 4.78 is 6.42. The molecule has 1 aromatic heterocycles. The van der Waals surface area contributed by atoms with Crippen LogP contribution < -0.4 is 4.74 Å². The minimum absolute atomic E-state index is 0.102. The van der Waals surface area contributed by atoms with Gasteiger partial charge in [0.05, 0.1) is 10.6 Å². The highest BCUT2D eigenvalue weighted by Crippen LogP contribution is 2.34. The SMILES string of the molecule is C=CCN1C(=O)/C(=C\c2ccccc2OCc2ccccn2)SC1=S. The summed E-state index contributed by atoms with van der Waals surface area (Å²) in [5.41, 5.74) is 1.67. The molecule has 0 radical (unpaired) electrons. The number of hydrogen-bond acceptors (Lipinski definition) is 5. The molecule has 1 aromatic carbocycles. The molecule has 1 fully saturated rings. The highest BCUT2D eigenvalue weighted by atomic mass is 32.2.